The summed E-state index contributed by atoms with van der Waals surface area (Å²) in [5.41, 5.74) is 2.41. The van der Waals surface area contributed by atoms with Gasteiger partial charge in [-0.05, 0) is 0 Å². The molecule has 0 amide bonds. The van der Waals surface area contributed by atoms with Crippen molar-refractivity contribution in [2.45, 2.75) is 6.92 Å². The predicted molar refractivity (Wildman–Crippen MR) is 52.1 cm³/mol. The molecule has 0 bridgehead atoms. The van der Waals surface area contributed by atoms with Gasteiger partial charge in [0.1, 0.15) is 0 Å². The van der Waals surface area contributed by atoms with E-state index in [9.17, 15) is 0 Å². The zero-order valence-corrected chi connectivity index (χ0v) is 9.06. The van der Waals surface area contributed by atoms with Crippen LogP contribution in [-0.2, 0) is 20.6 Å². The van der Waals surface area contributed by atoms with Crippen molar-refractivity contribution in [3.05, 3.63) is 42.0 Å². The molecule has 0 aliphatic rings. The summed E-state index contributed by atoms with van der Waals surface area (Å²) in [5, 5.41) is 0. The SMILES string of the molecule is CO[C](=[Cr])/C=C(\C)c1ccccc1. The molecular formula is C11H12CrO. The Balaban J connectivity index is 2.85. The predicted octanol–water partition coefficient (Wildman–Crippen LogP) is 2.41. The second-order valence-electron chi connectivity index (χ2n) is 2.72. The van der Waals surface area contributed by atoms with Gasteiger partial charge < -0.3 is 0 Å². The van der Waals surface area contributed by atoms with Crippen molar-refractivity contribution < 1.29 is 20.6 Å². The number of benzene rings is 1. The average molecular weight is 212 g/mol. The van der Waals surface area contributed by atoms with Gasteiger partial charge in [-0.3, -0.25) is 0 Å². The van der Waals surface area contributed by atoms with E-state index >= 15 is 0 Å². The topological polar surface area (TPSA) is 9.23 Å². The van der Waals surface area contributed by atoms with Crippen LogP contribution in [-0.4, -0.2) is 11.7 Å². The van der Waals surface area contributed by atoms with Crippen LogP contribution >= 0.6 is 0 Å². The first kappa shape index (κ1) is 10.4. The van der Waals surface area contributed by atoms with E-state index in [1.807, 2.05) is 24.3 Å². The van der Waals surface area contributed by atoms with Gasteiger partial charge in [0, 0.05) is 0 Å². The van der Waals surface area contributed by atoms with Gasteiger partial charge in [0.25, 0.3) is 0 Å². The number of methoxy groups -OCH3 is 1. The number of hydrogen-bond donors (Lipinski definition) is 0. The maximum absolute atomic E-state index is 5.03. The fourth-order valence-electron chi connectivity index (χ4n) is 1.02. The fraction of sp³-hybridized carbons (Fsp3) is 0.182. The summed E-state index contributed by atoms with van der Waals surface area (Å²) < 4.78 is 5.83. The van der Waals surface area contributed by atoms with Crippen molar-refractivity contribution in [2.24, 2.45) is 0 Å². The molecule has 1 nitrogen and oxygen atoms in total. The number of allylic oxidation sites excluding steroid dienone is 1. The molecule has 0 aliphatic heterocycles. The summed E-state index contributed by atoms with van der Waals surface area (Å²) in [5.74, 6) is 0. The van der Waals surface area contributed by atoms with Crippen LogP contribution in [0.5, 0.6) is 0 Å². The Hall–Kier alpha value is -0.678. The fourth-order valence-corrected chi connectivity index (χ4v) is 1.30. The first-order valence-corrected chi connectivity index (χ1v) is 4.69. The van der Waals surface area contributed by atoms with Gasteiger partial charge in [-0.1, -0.05) is 0 Å². The molecule has 1 aromatic rings. The molecule has 13 heavy (non-hydrogen) atoms. The van der Waals surface area contributed by atoms with E-state index in [0.717, 1.165) is 4.57 Å². The molecule has 0 aromatic heterocycles. The van der Waals surface area contributed by atoms with E-state index in [2.05, 4.69) is 34.9 Å². The molecule has 0 saturated carbocycles. The van der Waals surface area contributed by atoms with Crippen LogP contribution in [0.4, 0.5) is 0 Å². The van der Waals surface area contributed by atoms with Crippen LogP contribution in [0.3, 0.4) is 0 Å². The molecule has 0 fully saturated rings. The first-order valence-electron chi connectivity index (χ1n) is 4.05. The normalized spacial score (nSPS) is 11.4. The van der Waals surface area contributed by atoms with Crippen LogP contribution in [0.1, 0.15) is 12.5 Å². The van der Waals surface area contributed by atoms with E-state index in [4.69, 9.17) is 4.74 Å². The molecule has 0 heterocycles. The maximum atomic E-state index is 5.03. The van der Waals surface area contributed by atoms with E-state index in [1.54, 1.807) is 7.11 Å². The molecular weight excluding hydrogens is 200 g/mol. The Bertz CT molecular complexity index is 314. The van der Waals surface area contributed by atoms with Gasteiger partial charge in [0.2, 0.25) is 0 Å². The van der Waals surface area contributed by atoms with E-state index < -0.39 is 0 Å². The third-order valence-electron chi connectivity index (χ3n) is 1.76. The van der Waals surface area contributed by atoms with Gasteiger partial charge >= 0.3 is 86.7 Å². The van der Waals surface area contributed by atoms with Crippen molar-refractivity contribution in [1.82, 2.24) is 0 Å². The zero-order chi connectivity index (χ0) is 9.68. The summed E-state index contributed by atoms with van der Waals surface area (Å²) in [6.07, 6.45) is 1.98. The van der Waals surface area contributed by atoms with Crippen LogP contribution < -0.4 is 0 Å². The van der Waals surface area contributed by atoms with E-state index in [-0.39, 0.29) is 0 Å². The summed E-state index contributed by atoms with van der Waals surface area (Å²) in [7, 11) is 1.65. The van der Waals surface area contributed by atoms with Gasteiger partial charge in [0.05, 0.1) is 0 Å². The Morgan fingerprint density at radius 2 is 1.92 bits per heavy atom. The molecule has 0 spiro atoms. The summed E-state index contributed by atoms with van der Waals surface area (Å²) >= 11 is 2.85. The van der Waals surface area contributed by atoms with Crippen LogP contribution in [0.15, 0.2) is 36.4 Å². The minimum atomic E-state index is 0.807. The zero-order valence-electron chi connectivity index (χ0n) is 7.78. The van der Waals surface area contributed by atoms with Crippen LogP contribution in [0.2, 0.25) is 0 Å². The minimum absolute atomic E-state index is 0.807. The molecule has 0 N–H and O–H groups in total. The van der Waals surface area contributed by atoms with Crippen molar-refractivity contribution in [1.29, 1.82) is 0 Å². The Kier molecular flexibility index (Phi) is 4.11. The average Bonchev–Trinajstić information content (AvgIpc) is 2.19. The Labute approximate surface area is 87.0 Å². The molecule has 0 unspecified atom stereocenters. The quantitative estimate of drug-likeness (QED) is 0.747. The molecule has 0 radical (unpaired) electrons. The number of ether oxygens (including phenoxy) is 1. The van der Waals surface area contributed by atoms with Crippen molar-refractivity contribution in [2.75, 3.05) is 7.11 Å². The monoisotopic (exact) mass is 212 g/mol. The molecule has 0 aliphatic carbocycles. The molecule has 68 valence electrons. The standard InChI is InChI=1S/C11H12O.Cr/c1-10(8-9-12-2)11-6-4-3-5-7-11;/h3-8H,1-2H3;/b10-8+;. The molecule has 1 aromatic carbocycles. The summed E-state index contributed by atoms with van der Waals surface area (Å²) in [4.78, 5) is 0. The third-order valence-corrected chi connectivity index (χ3v) is 2.21. The molecule has 0 saturated heterocycles. The molecule has 1 rings (SSSR count). The Morgan fingerprint density at radius 3 is 2.46 bits per heavy atom. The third kappa shape index (κ3) is 3.28. The first-order chi connectivity index (χ1) is 6.24. The second-order valence-corrected chi connectivity index (χ2v) is 3.34. The summed E-state index contributed by atoms with van der Waals surface area (Å²) in [6, 6.07) is 10.2. The summed E-state index contributed by atoms with van der Waals surface area (Å²) in [6.45, 7) is 2.06. The number of rotatable bonds is 3. The Morgan fingerprint density at radius 1 is 1.31 bits per heavy atom. The van der Waals surface area contributed by atoms with Crippen molar-refractivity contribution in [3.8, 4) is 0 Å². The van der Waals surface area contributed by atoms with E-state index in [0.29, 0.717) is 0 Å². The van der Waals surface area contributed by atoms with Gasteiger partial charge in [-0.25, -0.2) is 0 Å². The second kappa shape index (κ2) is 5.14. The molecule has 0 atom stereocenters. The van der Waals surface area contributed by atoms with Crippen LogP contribution in [0.25, 0.3) is 5.57 Å². The van der Waals surface area contributed by atoms with Crippen LogP contribution in [0, 0.1) is 0 Å². The molecule has 2 heteroatoms. The van der Waals surface area contributed by atoms with Gasteiger partial charge in [0.15, 0.2) is 0 Å². The van der Waals surface area contributed by atoms with E-state index in [1.165, 1.54) is 11.1 Å². The van der Waals surface area contributed by atoms with Crippen molar-refractivity contribution >= 4 is 10.1 Å². The van der Waals surface area contributed by atoms with Gasteiger partial charge in [-0.2, -0.15) is 0 Å². The van der Waals surface area contributed by atoms with Crippen molar-refractivity contribution in [3.63, 3.8) is 0 Å². The number of hydrogen-bond acceptors (Lipinski definition) is 1. The van der Waals surface area contributed by atoms with Gasteiger partial charge in [-0.15, -0.1) is 0 Å².